The molecule has 6 heteroatoms. The van der Waals surface area contributed by atoms with Crippen molar-refractivity contribution in [3.63, 3.8) is 0 Å². The molecule has 0 spiro atoms. The summed E-state index contributed by atoms with van der Waals surface area (Å²) in [6, 6.07) is 9.93. The van der Waals surface area contributed by atoms with Crippen LogP contribution in [-0.2, 0) is 11.2 Å². The minimum Gasteiger partial charge on any atom is -0.493 e. The lowest BCUT2D eigenvalue weighted by Crippen LogP contribution is -2.07. The molecule has 2 rings (SSSR count). The molecule has 3 N–H and O–H groups in total. The number of nitrogens with two attached hydrogens (primary N) is 1. The van der Waals surface area contributed by atoms with Gasteiger partial charge in [-0.15, -0.1) is 0 Å². The fraction of sp³-hybridized carbons (Fsp3) is 0.222. The van der Waals surface area contributed by atoms with Gasteiger partial charge < -0.3 is 20.3 Å². The largest absolute Gasteiger partial charge is 0.493 e. The van der Waals surface area contributed by atoms with E-state index in [2.05, 4.69) is 0 Å². The van der Waals surface area contributed by atoms with Crippen LogP contribution in [0.25, 0.3) is 0 Å². The summed E-state index contributed by atoms with van der Waals surface area (Å²) in [4.78, 5) is 23.4. The van der Waals surface area contributed by atoms with E-state index in [1.807, 2.05) is 0 Å². The first-order chi connectivity index (χ1) is 11.5. The average molecular weight is 329 g/mol. The molecule has 0 aliphatic rings. The monoisotopic (exact) mass is 329 g/mol. The Labute approximate surface area is 139 Å². The second-order valence-electron chi connectivity index (χ2n) is 5.18. The molecule has 126 valence electrons. The Kier molecular flexibility index (Phi) is 5.42. The maximum atomic E-state index is 12.7. The van der Waals surface area contributed by atoms with Gasteiger partial charge in [-0.05, 0) is 30.2 Å². The maximum absolute atomic E-state index is 12.7. The highest BCUT2D eigenvalue weighted by Gasteiger charge is 2.18. The predicted octanol–water partition coefficient (Wildman–Crippen LogP) is 2.53. The molecule has 0 radical (unpaired) electrons. The lowest BCUT2D eigenvalue weighted by Gasteiger charge is -2.12. The summed E-state index contributed by atoms with van der Waals surface area (Å²) in [5.74, 6) is -0.314. The van der Waals surface area contributed by atoms with Crippen LogP contribution >= 0.6 is 0 Å². The van der Waals surface area contributed by atoms with Crippen LogP contribution in [0.15, 0.2) is 36.4 Å². The minimum atomic E-state index is -0.893. The lowest BCUT2D eigenvalue weighted by molar-refractivity contribution is -0.136. The molecule has 0 aromatic heterocycles. The Bertz CT molecular complexity index is 770. The van der Waals surface area contributed by atoms with Crippen LogP contribution in [0.3, 0.4) is 0 Å². The molecular formula is C18H19NO5. The standard InChI is InChI=1S/C18H19NO5/c1-23-15-5-3-4-13(18(15)24-2)17(22)12-7-6-11(14(19)10-12)8-9-16(20)21/h3-7,10H,8-9,19H2,1-2H3,(H,20,21). The number of hydrogen-bond acceptors (Lipinski definition) is 5. The van der Waals surface area contributed by atoms with Crippen molar-refractivity contribution in [3.05, 3.63) is 53.1 Å². The zero-order chi connectivity index (χ0) is 17.7. The Morgan fingerprint density at radius 3 is 2.46 bits per heavy atom. The van der Waals surface area contributed by atoms with Crippen LogP contribution in [0, 0.1) is 0 Å². The van der Waals surface area contributed by atoms with E-state index in [0.29, 0.717) is 40.3 Å². The van der Waals surface area contributed by atoms with Crippen molar-refractivity contribution < 1.29 is 24.2 Å². The van der Waals surface area contributed by atoms with Crippen LogP contribution in [-0.4, -0.2) is 31.1 Å². The van der Waals surface area contributed by atoms with Crippen LogP contribution in [0.5, 0.6) is 11.5 Å². The molecule has 0 amide bonds. The third-order valence-electron chi connectivity index (χ3n) is 3.66. The summed E-state index contributed by atoms with van der Waals surface area (Å²) in [6.07, 6.45) is 0.305. The molecule has 2 aromatic rings. The number of methoxy groups -OCH3 is 2. The summed E-state index contributed by atoms with van der Waals surface area (Å²) >= 11 is 0. The summed E-state index contributed by atoms with van der Waals surface area (Å²) in [7, 11) is 2.97. The number of carbonyl (C=O) groups excluding carboxylic acids is 1. The Morgan fingerprint density at radius 2 is 1.88 bits per heavy atom. The first kappa shape index (κ1) is 17.3. The Morgan fingerprint density at radius 1 is 1.12 bits per heavy atom. The van der Waals surface area contributed by atoms with Gasteiger partial charge in [0.05, 0.1) is 19.8 Å². The normalized spacial score (nSPS) is 10.2. The second kappa shape index (κ2) is 7.50. The minimum absolute atomic E-state index is 0.0127. The molecule has 0 atom stereocenters. The maximum Gasteiger partial charge on any atom is 0.303 e. The number of hydrogen-bond donors (Lipinski definition) is 2. The van der Waals surface area contributed by atoms with Gasteiger partial charge in [-0.25, -0.2) is 0 Å². The number of ketones is 1. The van der Waals surface area contributed by atoms with Crippen LogP contribution < -0.4 is 15.2 Å². The fourth-order valence-corrected chi connectivity index (χ4v) is 2.43. The van der Waals surface area contributed by atoms with E-state index < -0.39 is 5.97 Å². The van der Waals surface area contributed by atoms with Crippen LogP contribution in [0.4, 0.5) is 5.69 Å². The number of aliphatic carboxylic acids is 1. The van der Waals surface area contributed by atoms with Gasteiger partial charge in [0.2, 0.25) is 0 Å². The molecule has 6 nitrogen and oxygen atoms in total. The number of anilines is 1. The number of nitrogen functional groups attached to an aromatic ring is 1. The van der Waals surface area contributed by atoms with E-state index in [9.17, 15) is 9.59 Å². The predicted molar refractivity (Wildman–Crippen MR) is 89.8 cm³/mol. The fourth-order valence-electron chi connectivity index (χ4n) is 2.43. The van der Waals surface area contributed by atoms with Crippen molar-refractivity contribution in [2.75, 3.05) is 20.0 Å². The zero-order valence-corrected chi connectivity index (χ0v) is 13.5. The van der Waals surface area contributed by atoms with Gasteiger partial charge in [-0.1, -0.05) is 18.2 Å². The number of carboxylic acid groups (broad SMARTS) is 1. The van der Waals surface area contributed by atoms with Crippen molar-refractivity contribution in [2.45, 2.75) is 12.8 Å². The Balaban J connectivity index is 2.34. The van der Waals surface area contributed by atoms with Gasteiger partial charge in [-0.3, -0.25) is 9.59 Å². The molecule has 0 aliphatic heterocycles. The average Bonchev–Trinajstić information content (AvgIpc) is 2.58. The Hall–Kier alpha value is -3.02. The van der Waals surface area contributed by atoms with Gasteiger partial charge in [0.15, 0.2) is 17.3 Å². The van der Waals surface area contributed by atoms with Crippen LogP contribution in [0.2, 0.25) is 0 Å². The molecule has 24 heavy (non-hydrogen) atoms. The highest BCUT2D eigenvalue weighted by molar-refractivity contribution is 6.11. The van der Waals surface area contributed by atoms with E-state index in [-0.39, 0.29) is 12.2 Å². The number of carboxylic acids is 1. The quantitative estimate of drug-likeness (QED) is 0.598. The summed E-state index contributed by atoms with van der Waals surface area (Å²) in [5, 5.41) is 8.74. The van der Waals surface area contributed by atoms with E-state index >= 15 is 0 Å². The third-order valence-corrected chi connectivity index (χ3v) is 3.66. The van der Waals surface area contributed by atoms with Crippen molar-refractivity contribution in [3.8, 4) is 11.5 Å². The smallest absolute Gasteiger partial charge is 0.303 e. The van der Waals surface area contributed by atoms with Crippen LogP contribution in [0.1, 0.15) is 27.9 Å². The lowest BCUT2D eigenvalue weighted by atomic mass is 9.98. The zero-order valence-electron chi connectivity index (χ0n) is 13.5. The summed E-state index contributed by atoms with van der Waals surface area (Å²) in [5.41, 5.74) is 7.81. The molecule has 0 saturated carbocycles. The summed E-state index contributed by atoms with van der Waals surface area (Å²) in [6.45, 7) is 0. The van der Waals surface area contributed by atoms with E-state index in [1.54, 1.807) is 36.4 Å². The SMILES string of the molecule is COc1cccc(C(=O)c2ccc(CCC(=O)O)c(N)c2)c1OC. The highest BCUT2D eigenvalue weighted by atomic mass is 16.5. The molecule has 0 bridgehead atoms. The second-order valence-corrected chi connectivity index (χ2v) is 5.18. The topological polar surface area (TPSA) is 98.9 Å². The van der Waals surface area contributed by atoms with Gasteiger partial charge in [0.25, 0.3) is 0 Å². The highest BCUT2D eigenvalue weighted by Crippen LogP contribution is 2.32. The van der Waals surface area contributed by atoms with E-state index in [1.165, 1.54) is 14.2 Å². The van der Waals surface area contributed by atoms with Crippen molar-refractivity contribution >= 4 is 17.4 Å². The van der Waals surface area contributed by atoms with Gasteiger partial charge in [0.1, 0.15) is 0 Å². The van der Waals surface area contributed by atoms with Gasteiger partial charge in [-0.2, -0.15) is 0 Å². The third kappa shape index (κ3) is 3.65. The number of para-hydroxylation sites is 1. The van der Waals surface area contributed by atoms with Gasteiger partial charge in [0, 0.05) is 17.7 Å². The number of ether oxygens (including phenoxy) is 2. The van der Waals surface area contributed by atoms with E-state index in [4.69, 9.17) is 20.3 Å². The molecule has 2 aromatic carbocycles. The molecule has 0 fully saturated rings. The van der Waals surface area contributed by atoms with Crippen molar-refractivity contribution in [1.29, 1.82) is 0 Å². The number of carbonyl (C=O) groups is 2. The van der Waals surface area contributed by atoms with Gasteiger partial charge >= 0.3 is 5.97 Å². The number of rotatable bonds is 7. The molecular weight excluding hydrogens is 310 g/mol. The first-order valence-electron chi connectivity index (χ1n) is 7.33. The van der Waals surface area contributed by atoms with Crippen molar-refractivity contribution in [2.24, 2.45) is 0 Å². The summed E-state index contributed by atoms with van der Waals surface area (Å²) < 4.78 is 10.5. The molecule has 0 unspecified atom stereocenters. The number of aryl methyl sites for hydroxylation is 1. The molecule has 0 saturated heterocycles. The molecule has 0 heterocycles. The number of benzene rings is 2. The van der Waals surface area contributed by atoms with E-state index in [0.717, 1.165) is 0 Å². The molecule has 0 aliphatic carbocycles. The first-order valence-corrected chi connectivity index (χ1v) is 7.33. The van der Waals surface area contributed by atoms with Crippen molar-refractivity contribution in [1.82, 2.24) is 0 Å².